The lowest BCUT2D eigenvalue weighted by Crippen LogP contribution is -2.29. The molecule has 1 fully saturated rings. The maximum absolute atomic E-state index is 4.97. The Balaban J connectivity index is 1.46. The molecule has 0 atom stereocenters. The minimum Gasteiger partial charge on any atom is -0.378 e. The van der Waals surface area contributed by atoms with E-state index in [0.29, 0.717) is 17.7 Å². The van der Waals surface area contributed by atoms with E-state index >= 15 is 0 Å². The molecule has 8 heteroatoms. The molecule has 1 aliphatic rings. The number of fused-ring (bicyclic) bond motifs is 1. The van der Waals surface area contributed by atoms with Crippen molar-refractivity contribution in [2.24, 2.45) is 0 Å². The second-order valence-electron chi connectivity index (χ2n) is 8.47. The van der Waals surface area contributed by atoms with Crippen LogP contribution in [0.5, 0.6) is 0 Å². The van der Waals surface area contributed by atoms with Gasteiger partial charge >= 0.3 is 0 Å². The van der Waals surface area contributed by atoms with E-state index in [2.05, 4.69) is 53.8 Å². The third-order valence-electron chi connectivity index (χ3n) is 5.85. The summed E-state index contributed by atoms with van der Waals surface area (Å²) in [5.74, 6) is 0.352. The van der Waals surface area contributed by atoms with E-state index in [-0.39, 0.29) is 0 Å². The average Bonchev–Trinajstić information content (AvgIpc) is 3.49. The molecule has 5 rings (SSSR count). The lowest BCUT2D eigenvalue weighted by molar-refractivity contribution is 0.531. The predicted octanol–water partition coefficient (Wildman–Crippen LogP) is 4.49. The van der Waals surface area contributed by atoms with Gasteiger partial charge in [0, 0.05) is 24.2 Å². The van der Waals surface area contributed by atoms with E-state index in [1.807, 2.05) is 45.5 Å². The first-order valence-corrected chi connectivity index (χ1v) is 12.1. The van der Waals surface area contributed by atoms with Crippen LogP contribution in [0.15, 0.2) is 60.0 Å². The summed E-state index contributed by atoms with van der Waals surface area (Å²) < 4.78 is 3.93. The van der Waals surface area contributed by atoms with Crippen molar-refractivity contribution in [2.45, 2.75) is 49.4 Å². The number of thioether (sulfide) groups is 1. The monoisotopic (exact) mass is 447 g/mol. The molecule has 2 N–H and O–H groups in total. The Morgan fingerprint density at radius 2 is 2.03 bits per heavy atom. The third-order valence-corrected chi connectivity index (χ3v) is 7.09. The van der Waals surface area contributed by atoms with E-state index in [0.717, 1.165) is 40.8 Å². The highest BCUT2D eigenvalue weighted by Gasteiger charge is 2.19. The number of rotatable bonds is 7. The smallest absolute Gasteiger partial charge is 0.177 e. The summed E-state index contributed by atoms with van der Waals surface area (Å²) in [4.78, 5) is 4.71. The van der Waals surface area contributed by atoms with E-state index in [1.54, 1.807) is 6.20 Å². The Kier molecular flexibility index (Phi) is 6.14. The van der Waals surface area contributed by atoms with Gasteiger partial charge in [-0.25, -0.2) is 14.2 Å². The average molecular weight is 448 g/mol. The molecule has 0 aliphatic carbocycles. The molecule has 7 nitrogen and oxygen atoms in total. The zero-order chi connectivity index (χ0) is 21.9. The number of anilines is 1. The van der Waals surface area contributed by atoms with E-state index in [1.165, 1.54) is 18.4 Å². The van der Waals surface area contributed by atoms with Crippen molar-refractivity contribution in [1.29, 1.82) is 0 Å². The topological polar surface area (TPSA) is 72.1 Å². The highest BCUT2D eigenvalue weighted by Crippen LogP contribution is 2.31. The standard InChI is InChI=1S/C24H29N7S/c1-17(2)22-16-27-24-20(14-23(29-31(22)24)32-19-8-11-25-12-9-19)26-15-18-6-3-4-7-21(18)30-13-5-10-28-30/h3-7,10,13-14,16-17,19,25-26H,8-9,11-12,15H2,1-2H3. The fraction of sp³-hybridized carbons (Fsp3) is 0.375. The summed E-state index contributed by atoms with van der Waals surface area (Å²) in [5.41, 5.74) is 5.27. The molecule has 0 bridgehead atoms. The Morgan fingerprint density at radius 1 is 1.19 bits per heavy atom. The lowest BCUT2D eigenvalue weighted by atomic mass is 10.1. The van der Waals surface area contributed by atoms with Crippen molar-refractivity contribution in [3.8, 4) is 5.69 Å². The maximum Gasteiger partial charge on any atom is 0.177 e. The molecule has 4 heterocycles. The van der Waals surface area contributed by atoms with Gasteiger partial charge in [-0.15, -0.1) is 11.8 Å². The lowest BCUT2D eigenvalue weighted by Gasteiger charge is -2.22. The molecule has 3 aromatic heterocycles. The maximum atomic E-state index is 4.97. The van der Waals surface area contributed by atoms with Crippen LogP contribution in [-0.2, 0) is 6.54 Å². The molecule has 1 aliphatic heterocycles. The summed E-state index contributed by atoms with van der Waals surface area (Å²) in [6, 6.07) is 12.4. The Hall–Kier alpha value is -2.84. The first-order chi connectivity index (χ1) is 15.7. The molecule has 0 saturated carbocycles. The van der Waals surface area contributed by atoms with Crippen LogP contribution in [-0.4, -0.2) is 42.7 Å². The van der Waals surface area contributed by atoms with Gasteiger partial charge in [0.15, 0.2) is 5.65 Å². The van der Waals surface area contributed by atoms with Crippen LogP contribution in [0.1, 0.15) is 43.9 Å². The highest BCUT2D eigenvalue weighted by atomic mass is 32.2. The zero-order valence-corrected chi connectivity index (χ0v) is 19.3. The summed E-state index contributed by atoms with van der Waals surface area (Å²) in [6.07, 6.45) is 8.07. The van der Waals surface area contributed by atoms with Gasteiger partial charge in [0.05, 0.1) is 23.3 Å². The number of imidazole rings is 1. The normalized spacial score (nSPS) is 15.0. The largest absolute Gasteiger partial charge is 0.378 e. The molecular weight excluding hydrogens is 418 g/mol. The van der Waals surface area contributed by atoms with Crippen LogP contribution >= 0.6 is 11.8 Å². The van der Waals surface area contributed by atoms with E-state index in [9.17, 15) is 0 Å². The van der Waals surface area contributed by atoms with Crippen molar-refractivity contribution in [1.82, 2.24) is 29.7 Å². The quantitative estimate of drug-likeness (QED) is 0.435. The number of hydrogen-bond donors (Lipinski definition) is 2. The van der Waals surface area contributed by atoms with Gasteiger partial charge in [-0.2, -0.15) is 10.2 Å². The van der Waals surface area contributed by atoms with Crippen molar-refractivity contribution in [3.05, 3.63) is 66.2 Å². The van der Waals surface area contributed by atoms with Gasteiger partial charge in [-0.05, 0) is 55.6 Å². The van der Waals surface area contributed by atoms with Gasteiger partial charge in [-0.3, -0.25) is 0 Å². The van der Waals surface area contributed by atoms with E-state index in [4.69, 9.17) is 10.1 Å². The van der Waals surface area contributed by atoms with Crippen LogP contribution < -0.4 is 10.6 Å². The number of nitrogens with one attached hydrogen (secondary N) is 2. The van der Waals surface area contributed by atoms with Crippen LogP contribution in [0.3, 0.4) is 0 Å². The summed E-state index contributed by atoms with van der Waals surface area (Å²) in [5, 5.41) is 18.1. The molecule has 4 aromatic rings. The Bertz CT molecular complexity index is 1180. The van der Waals surface area contributed by atoms with Gasteiger partial charge in [-0.1, -0.05) is 32.0 Å². The molecule has 0 spiro atoms. The minimum absolute atomic E-state index is 0.352. The van der Waals surface area contributed by atoms with Gasteiger partial charge in [0.25, 0.3) is 0 Å². The zero-order valence-electron chi connectivity index (χ0n) is 18.5. The molecule has 1 aromatic carbocycles. The number of piperidine rings is 1. The number of benzene rings is 1. The van der Waals surface area contributed by atoms with Crippen molar-refractivity contribution >= 4 is 23.1 Å². The Labute approximate surface area is 192 Å². The third kappa shape index (κ3) is 4.38. The van der Waals surface area contributed by atoms with Crippen LogP contribution in [0.4, 0.5) is 5.69 Å². The van der Waals surface area contributed by atoms with Crippen molar-refractivity contribution < 1.29 is 0 Å². The summed E-state index contributed by atoms with van der Waals surface area (Å²) >= 11 is 1.89. The van der Waals surface area contributed by atoms with Crippen molar-refractivity contribution in [3.63, 3.8) is 0 Å². The molecule has 0 unspecified atom stereocenters. The summed E-state index contributed by atoms with van der Waals surface area (Å²) in [7, 11) is 0. The van der Waals surface area contributed by atoms with Crippen LogP contribution in [0, 0.1) is 0 Å². The molecule has 0 amide bonds. The SMILES string of the molecule is CC(C)c1cnc2c(NCc3ccccc3-n3cccn3)cc(SC3CCNCC3)nn12. The van der Waals surface area contributed by atoms with Gasteiger partial charge < -0.3 is 10.6 Å². The molecule has 166 valence electrons. The summed E-state index contributed by atoms with van der Waals surface area (Å²) in [6.45, 7) is 7.21. The molecule has 1 saturated heterocycles. The fourth-order valence-electron chi connectivity index (χ4n) is 4.11. The van der Waals surface area contributed by atoms with Gasteiger partial charge in [0.2, 0.25) is 0 Å². The predicted molar refractivity (Wildman–Crippen MR) is 130 cm³/mol. The van der Waals surface area contributed by atoms with Crippen LogP contribution in [0.2, 0.25) is 0 Å². The minimum atomic E-state index is 0.352. The molecule has 0 radical (unpaired) electrons. The first-order valence-electron chi connectivity index (χ1n) is 11.3. The number of aromatic nitrogens is 5. The van der Waals surface area contributed by atoms with Gasteiger partial charge in [0.1, 0.15) is 5.03 Å². The number of hydrogen-bond acceptors (Lipinski definition) is 6. The van der Waals surface area contributed by atoms with Crippen molar-refractivity contribution in [2.75, 3.05) is 18.4 Å². The number of para-hydroxylation sites is 1. The fourth-order valence-corrected chi connectivity index (χ4v) is 5.24. The highest BCUT2D eigenvalue weighted by molar-refractivity contribution is 7.99. The van der Waals surface area contributed by atoms with Crippen LogP contribution in [0.25, 0.3) is 11.3 Å². The number of nitrogens with zero attached hydrogens (tertiary/aromatic N) is 5. The second kappa shape index (κ2) is 9.34. The Morgan fingerprint density at radius 3 is 2.81 bits per heavy atom. The second-order valence-corrected chi connectivity index (χ2v) is 9.79. The van der Waals surface area contributed by atoms with E-state index < -0.39 is 0 Å². The molecular formula is C24H29N7S. The first kappa shape index (κ1) is 21.0. The molecule has 32 heavy (non-hydrogen) atoms.